The van der Waals surface area contributed by atoms with E-state index in [1.165, 1.54) is 0 Å². The van der Waals surface area contributed by atoms with Gasteiger partial charge < -0.3 is 5.73 Å². The lowest BCUT2D eigenvalue weighted by molar-refractivity contribution is 0.832. The summed E-state index contributed by atoms with van der Waals surface area (Å²) >= 11 is 0. The maximum atomic E-state index is 5.17. The molecule has 0 rings (SSSR count). The quantitative estimate of drug-likeness (QED) is 0.465. The van der Waals surface area contributed by atoms with Crippen LogP contribution in [0.15, 0.2) is 0 Å². The monoisotopic (exact) mass is 103 g/mol. The average molecular weight is 103 g/mol. The zero-order valence-corrected chi connectivity index (χ0v) is 4.94. The van der Waals surface area contributed by atoms with Gasteiger partial charge >= 0.3 is 0 Å². The van der Waals surface area contributed by atoms with Crippen LogP contribution in [0.3, 0.4) is 0 Å². The Kier molecular flexibility index (Phi) is 8.62. The maximum absolute atomic E-state index is 5.17. The van der Waals surface area contributed by atoms with Crippen molar-refractivity contribution in [1.29, 1.82) is 0 Å². The summed E-state index contributed by atoms with van der Waals surface area (Å²) in [5, 5.41) is 0. The minimum absolute atomic E-state index is 0. The zero-order valence-electron chi connectivity index (χ0n) is 3.94. The van der Waals surface area contributed by atoms with E-state index in [-0.39, 0.29) is 19.5 Å². The lowest BCUT2D eigenvalue weighted by atomic mass is 10.00. The Morgan fingerprint density at radius 1 is 1.83 bits per heavy atom. The summed E-state index contributed by atoms with van der Waals surface area (Å²) in [6.45, 7) is 1.88. The molecule has 1 unspecified atom stereocenters. The third-order valence-corrected chi connectivity index (χ3v) is 0.372. The van der Waals surface area contributed by atoms with Gasteiger partial charge in [-0.15, -0.1) is 0 Å². The number of rotatable bonds is 1. The summed E-state index contributed by atoms with van der Waals surface area (Å²) in [6, 6.07) is 0.162. The second-order valence-corrected chi connectivity index (χ2v) is 1.21. The van der Waals surface area contributed by atoms with Crippen molar-refractivity contribution in [1.82, 2.24) is 0 Å². The zero-order chi connectivity index (χ0) is 4.28. The number of hydrogen-bond acceptors (Lipinski definition) is 1. The molecule has 0 bridgehead atoms. The highest BCUT2D eigenvalue weighted by Crippen LogP contribution is 1.74. The van der Waals surface area contributed by atoms with Crippen molar-refractivity contribution in [2.75, 3.05) is 0 Å². The molecule has 36 valence electrons. The van der Waals surface area contributed by atoms with Crippen molar-refractivity contribution in [2.45, 2.75) is 19.3 Å². The Bertz CT molecular complexity index is 24.8. The van der Waals surface area contributed by atoms with Crippen LogP contribution in [0.1, 0.15) is 6.92 Å². The molecule has 0 saturated carbocycles. The van der Waals surface area contributed by atoms with Crippen molar-refractivity contribution in [3.63, 3.8) is 0 Å². The molecule has 0 amide bonds. The van der Waals surface area contributed by atoms with Gasteiger partial charge in [-0.25, -0.2) is 0 Å². The lowest BCUT2D eigenvalue weighted by Crippen LogP contribution is -2.12. The minimum atomic E-state index is 0. The molecule has 2 radical (unpaired) electrons. The largest absolute Gasteiger partial charge is 0.329 e. The van der Waals surface area contributed by atoms with Gasteiger partial charge in [-0.1, -0.05) is 13.2 Å². The predicted octanol–water partition coefficient (Wildman–Crippen LogP) is 0.0332. The summed E-state index contributed by atoms with van der Waals surface area (Å²) in [6.07, 6.45) is 0.583. The lowest BCUT2D eigenvalue weighted by Gasteiger charge is -1.92. The van der Waals surface area contributed by atoms with E-state index in [0.29, 0.717) is 6.32 Å². The molecule has 0 aromatic heterocycles. The Morgan fingerprint density at radius 2 is 2.00 bits per heavy atom. The van der Waals surface area contributed by atoms with Crippen LogP contribution < -0.4 is 5.73 Å². The van der Waals surface area contributed by atoms with E-state index in [0.717, 1.165) is 0 Å². The van der Waals surface area contributed by atoms with Crippen molar-refractivity contribution in [2.24, 2.45) is 5.73 Å². The molecule has 0 aromatic rings. The molecule has 1 atom stereocenters. The third-order valence-electron chi connectivity index (χ3n) is 0.372. The first kappa shape index (κ1) is 9.62. The molecule has 3 heteroatoms. The smallest absolute Gasteiger partial charge is 0.0673 e. The van der Waals surface area contributed by atoms with Crippen molar-refractivity contribution >= 4 is 21.3 Å². The van der Waals surface area contributed by atoms with E-state index in [2.05, 4.69) is 0 Å². The SMILES string of the molecule is S.[B]CC(C)N. The standard InChI is InChI=1S/C3H8BN.H2S/c1-3(5)2-4;/h3H,2,5H2,1H3;1H2. The second-order valence-electron chi connectivity index (χ2n) is 1.21. The molecule has 0 heterocycles. The Morgan fingerprint density at radius 3 is 2.00 bits per heavy atom. The molecular formula is C3H10BNS. The van der Waals surface area contributed by atoms with Crippen LogP contribution in [0.4, 0.5) is 0 Å². The first-order valence-electron chi connectivity index (χ1n) is 1.73. The summed E-state index contributed by atoms with van der Waals surface area (Å²) in [4.78, 5) is 0. The van der Waals surface area contributed by atoms with E-state index < -0.39 is 0 Å². The normalized spacial score (nSPS) is 12.3. The van der Waals surface area contributed by atoms with Crippen molar-refractivity contribution in [3.8, 4) is 0 Å². The van der Waals surface area contributed by atoms with Crippen LogP contribution in [-0.2, 0) is 0 Å². The van der Waals surface area contributed by atoms with Gasteiger partial charge in [-0.3, -0.25) is 0 Å². The van der Waals surface area contributed by atoms with Crippen molar-refractivity contribution in [3.05, 3.63) is 0 Å². The number of nitrogens with two attached hydrogens (primary N) is 1. The predicted molar refractivity (Wildman–Crippen MR) is 34.6 cm³/mol. The molecule has 0 fully saturated rings. The van der Waals surface area contributed by atoms with Crippen LogP contribution in [-0.4, -0.2) is 13.9 Å². The first-order valence-corrected chi connectivity index (χ1v) is 1.73. The molecular weight excluding hydrogens is 92.9 g/mol. The summed E-state index contributed by atoms with van der Waals surface area (Å²) in [5.74, 6) is 0. The fraction of sp³-hybridized carbons (Fsp3) is 1.00. The van der Waals surface area contributed by atoms with Gasteiger partial charge in [-0.05, 0) is 6.04 Å². The second kappa shape index (κ2) is 5.37. The van der Waals surface area contributed by atoms with Gasteiger partial charge in [0.05, 0.1) is 7.85 Å². The minimum Gasteiger partial charge on any atom is -0.329 e. The van der Waals surface area contributed by atoms with Crippen LogP contribution in [0, 0.1) is 0 Å². The molecule has 0 aliphatic rings. The van der Waals surface area contributed by atoms with Crippen molar-refractivity contribution < 1.29 is 0 Å². The van der Waals surface area contributed by atoms with Crippen LogP contribution in [0.2, 0.25) is 6.32 Å². The molecule has 1 nitrogen and oxygen atoms in total. The van der Waals surface area contributed by atoms with E-state index in [4.69, 9.17) is 13.6 Å². The third kappa shape index (κ3) is 8.83. The highest BCUT2D eigenvalue weighted by molar-refractivity contribution is 7.59. The van der Waals surface area contributed by atoms with Crippen LogP contribution >= 0.6 is 13.5 Å². The molecule has 2 N–H and O–H groups in total. The van der Waals surface area contributed by atoms with Gasteiger partial charge in [0.2, 0.25) is 0 Å². The average Bonchev–Trinajstić information content (AvgIpc) is 1.38. The maximum Gasteiger partial charge on any atom is 0.0673 e. The molecule has 0 aromatic carbocycles. The van der Waals surface area contributed by atoms with E-state index in [1.807, 2.05) is 6.92 Å². The van der Waals surface area contributed by atoms with Crippen LogP contribution in [0.25, 0.3) is 0 Å². The molecule has 0 aliphatic heterocycles. The highest BCUT2D eigenvalue weighted by Gasteiger charge is 1.79. The highest BCUT2D eigenvalue weighted by atomic mass is 32.1. The Balaban J connectivity index is 0. The van der Waals surface area contributed by atoms with Gasteiger partial charge in [0, 0.05) is 0 Å². The Hall–Kier alpha value is 0.375. The molecule has 6 heavy (non-hydrogen) atoms. The summed E-state index contributed by atoms with van der Waals surface area (Å²) in [5.41, 5.74) is 5.17. The topological polar surface area (TPSA) is 26.0 Å². The Labute approximate surface area is 47.2 Å². The van der Waals surface area contributed by atoms with Gasteiger partial charge in [0.1, 0.15) is 0 Å². The summed E-state index contributed by atoms with van der Waals surface area (Å²) in [7, 11) is 5.05. The molecule has 0 aliphatic carbocycles. The van der Waals surface area contributed by atoms with E-state index >= 15 is 0 Å². The van der Waals surface area contributed by atoms with Gasteiger partial charge in [-0.2, -0.15) is 13.5 Å². The molecule has 0 saturated heterocycles. The van der Waals surface area contributed by atoms with Gasteiger partial charge in [0.25, 0.3) is 0 Å². The van der Waals surface area contributed by atoms with E-state index in [1.54, 1.807) is 0 Å². The first-order chi connectivity index (χ1) is 2.27. The van der Waals surface area contributed by atoms with Crippen LogP contribution in [0.5, 0.6) is 0 Å². The fourth-order valence-corrected chi connectivity index (χ4v) is 0. The fourth-order valence-electron chi connectivity index (χ4n) is 0. The molecule has 0 spiro atoms. The summed E-state index contributed by atoms with van der Waals surface area (Å²) < 4.78 is 0. The van der Waals surface area contributed by atoms with E-state index in [9.17, 15) is 0 Å². The number of hydrogen-bond donors (Lipinski definition) is 1. The van der Waals surface area contributed by atoms with Gasteiger partial charge in [0.15, 0.2) is 0 Å².